The first kappa shape index (κ1) is 18.8. The Bertz CT molecular complexity index is 1110. The molecule has 28 heavy (non-hydrogen) atoms. The molecule has 1 aliphatic heterocycles. The number of sulfone groups is 1. The number of carbonyl (C=O) groups is 1. The Labute approximate surface area is 168 Å². The minimum absolute atomic E-state index is 0.145. The van der Waals surface area contributed by atoms with E-state index in [9.17, 15) is 13.2 Å². The highest BCUT2D eigenvalue weighted by atomic mass is 32.2. The van der Waals surface area contributed by atoms with E-state index in [0.29, 0.717) is 10.4 Å². The molecule has 0 radical (unpaired) electrons. The van der Waals surface area contributed by atoms with Gasteiger partial charge in [0.25, 0.3) is 0 Å². The molecule has 3 aromatic rings. The molecule has 0 amide bonds. The Morgan fingerprint density at radius 2 is 1.93 bits per heavy atom. The van der Waals surface area contributed by atoms with Gasteiger partial charge in [-0.25, -0.2) is 13.4 Å². The number of benzene rings is 2. The zero-order chi connectivity index (χ0) is 19.7. The predicted octanol–water partition coefficient (Wildman–Crippen LogP) is 4.12. The van der Waals surface area contributed by atoms with Crippen LogP contribution in [0, 0.1) is 0 Å². The molecule has 0 N–H and O–H groups in total. The highest BCUT2D eigenvalue weighted by molar-refractivity contribution is 7.90. The quantitative estimate of drug-likeness (QED) is 0.590. The first-order valence-electron chi connectivity index (χ1n) is 9.06. The molecule has 1 aliphatic rings. The topological polar surface area (TPSA) is 67.3 Å². The third-order valence-corrected chi connectivity index (χ3v) is 7.07. The van der Waals surface area contributed by atoms with Crippen LogP contribution in [0.5, 0.6) is 0 Å². The summed E-state index contributed by atoms with van der Waals surface area (Å²) < 4.78 is 23.5. The molecule has 0 bridgehead atoms. The van der Waals surface area contributed by atoms with Gasteiger partial charge < -0.3 is 4.90 Å². The second-order valence-corrected chi connectivity index (χ2v) is 9.92. The molecule has 0 aliphatic carbocycles. The van der Waals surface area contributed by atoms with Gasteiger partial charge in [0.1, 0.15) is 0 Å². The largest absolute Gasteiger partial charge is 0.341 e. The zero-order valence-electron chi connectivity index (χ0n) is 15.4. The van der Waals surface area contributed by atoms with E-state index in [2.05, 4.69) is 22.0 Å². The number of ketones is 1. The Morgan fingerprint density at radius 3 is 2.68 bits per heavy atom. The number of hydrogen-bond donors (Lipinski definition) is 0. The second kappa shape index (κ2) is 7.48. The van der Waals surface area contributed by atoms with Crippen LogP contribution in [0.15, 0.2) is 65.7 Å². The summed E-state index contributed by atoms with van der Waals surface area (Å²) in [5.41, 5.74) is 1.61. The molecule has 4 rings (SSSR count). The highest BCUT2D eigenvalue weighted by Crippen LogP contribution is 2.38. The lowest BCUT2D eigenvalue weighted by Gasteiger charge is -2.24. The fourth-order valence-corrected chi connectivity index (χ4v) is 5.15. The van der Waals surface area contributed by atoms with E-state index >= 15 is 0 Å². The van der Waals surface area contributed by atoms with Gasteiger partial charge in [-0.15, -0.1) is 0 Å². The van der Waals surface area contributed by atoms with Crippen molar-refractivity contribution in [2.45, 2.75) is 23.8 Å². The van der Waals surface area contributed by atoms with Gasteiger partial charge in [-0.1, -0.05) is 53.8 Å². The normalized spacial score (nSPS) is 17.0. The number of nitrogens with zero attached hydrogens (tertiary/aromatic N) is 2. The van der Waals surface area contributed by atoms with E-state index in [-0.39, 0.29) is 16.7 Å². The zero-order valence-corrected chi connectivity index (χ0v) is 17.0. The highest BCUT2D eigenvalue weighted by Gasteiger charge is 2.28. The van der Waals surface area contributed by atoms with Gasteiger partial charge in [-0.05, 0) is 30.5 Å². The lowest BCUT2D eigenvalue weighted by molar-refractivity contribution is 0.104. The Kier molecular flexibility index (Phi) is 5.03. The van der Waals surface area contributed by atoms with Crippen LogP contribution in [0.1, 0.15) is 39.7 Å². The fraction of sp³-hybridized carbons (Fsp3) is 0.238. The van der Waals surface area contributed by atoms with Crippen molar-refractivity contribution in [3.05, 3.63) is 76.8 Å². The Balaban J connectivity index is 1.60. The third-order valence-electron chi connectivity index (χ3n) is 4.92. The van der Waals surface area contributed by atoms with Gasteiger partial charge in [-0.2, -0.15) is 0 Å². The van der Waals surface area contributed by atoms with Crippen LogP contribution in [0.4, 0.5) is 5.13 Å². The average molecular weight is 413 g/mol. The maximum Gasteiger partial charge on any atom is 0.204 e. The van der Waals surface area contributed by atoms with E-state index in [1.807, 2.05) is 18.2 Å². The molecule has 5 nitrogen and oxygen atoms in total. The van der Waals surface area contributed by atoms with Gasteiger partial charge in [0.2, 0.25) is 5.78 Å². The summed E-state index contributed by atoms with van der Waals surface area (Å²) in [6, 6.07) is 16.8. The van der Waals surface area contributed by atoms with Gasteiger partial charge in [0, 0.05) is 18.4 Å². The molecule has 144 valence electrons. The second-order valence-electron chi connectivity index (χ2n) is 6.90. The fourth-order valence-electron chi connectivity index (χ4n) is 3.53. The van der Waals surface area contributed by atoms with Crippen LogP contribution in [0.3, 0.4) is 0 Å². The van der Waals surface area contributed by atoms with E-state index in [0.717, 1.165) is 30.8 Å². The number of carbonyl (C=O) groups excluding carboxylic acids is 1. The summed E-state index contributed by atoms with van der Waals surface area (Å²) in [6.07, 6.45) is 4.87. The summed E-state index contributed by atoms with van der Waals surface area (Å²) in [7, 11) is -3.36. The summed E-state index contributed by atoms with van der Waals surface area (Å²) in [6.45, 7) is 0.907. The molecule has 0 saturated carbocycles. The molecule has 1 aromatic heterocycles. The smallest absolute Gasteiger partial charge is 0.204 e. The SMILES string of the molecule is CS(=O)(=O)c1cccc(C(=O)c2cnc(N3CCCC3c3ccccc3)s2)c1. The number of thiazole rings is 1. The van der Waals surface area contributed by atoms with Gasteiger partial charge in [0.05, 0.1) is 22.0 Å². The standard InChI is InChI=1S/C21H20N2O3S2/c1-28(25,26)17-10-5-9-16(13-17)20(24)19-14-22-21(27-19)23-12-6-11-18(23)15-7-3-2-4-8-15/h2-5,7-10,13-14,18H,6,11-12H2,1H3. The number of rotatable bonds is 5. The van der Waals surface area contributed by atoms with Crippen LogP contribution in [0.25, 0.3) is 0 Å². The van der Waals surface area contributed by atoms with Crippen molar-refractivity contribution < 1.29 is 13.2 Å². The summed E-state index contributed by atoms with van der Waals surface area (Å²) in [5, 5.41) is 0.828. The molecular formula is C21H20N2O3S2. The molecule has 1 saturated heterocycles. The molecule has 1 atom stereocenters. The lowest BCUT2D eigenvalue weighted by atomic mass is 10.1. The first-order valence-corrected chi connectivity index (χ1v) is 11.8. The van der Waals surface area contributed by atoms with Gasteiger partial charge in [0.15, 0.2) is 15.0 Å². The van der Waals surface area contributed by atoms with Crippen molar-refractivity contribution in [1.29, 1.82) is 0 Å². The molecule has 7 heteroatoms. The summed E-state index contributed by atoms with van der Waals surface area (Å²) in [4.78, 5) is 20.3. The summed E-state index contributed by atoms with van der Waals surface area (Å²) >= 11 is 1.36. The number of hydrogen-bond acceptors (Lipinski definition) is 6. The maximum absolute atomic E-state index is 12.9. The number of anilines is 1. The van der Waals surface area contributed by atoms with Crippen molar-refractivity contribution in [3.8, 4) is 0 Å². The molecule has 2 heterocycles. The summed E-state index contributed by atoms with van der Waals surface area (Å²) in [5.74, 6) is -0.204. The average Bonchev–Trinajstić information content (AvgIpc) is 3.37. The number of aromatic nitrogens is 1. The Morgan fingerprint density at radius 1 is 1.14 bits per heavy atom. The van der Waals surface area contributed by atoms with E-state index in [1.165, 1.54) is 29.0 Å². The van der Waals surface area contributed by atoms with Crippen LogP contribution in [-0.4, -0.2) is 32.0 Å². The maximum atomic E-state index is 12.9. The Hall–Kier alpha value is -2.51. The van der Waals surface area contributed by atoms with Gasteiger partial charge in [-0.3, -0.25) is 4.79 Å². The minimum Gasteiger partial charge on any atom is -0.341 e. The van der Waals surface area contributed by atoms with E-state index in [1.54, 1.807) is 18.3 Å². The van der Waals surface area contributed by atoms with Crippen molar-refractivity contribution in [2.75, 3.05) is 17.7 Å². The molecule has 2 aromatic carbocycles. The van der Waals surface area contributed by atoms with Crippen molar-refractivity contribution >= 4 is 32.1 Å². The molecule has 1 fully saturated rings. The molecular weight excluding hydrogens is 392 g/mol. The van der Waals surface area contributed by atoms with E-state index in [4.69, 9.17) is 0 Å². The van der Waals surface area contributed by atoms with Crippen molar-refractivity contribution in [3.63, 3.8) is 0 Å². The third kappa shape index (κ3) is 3.72. The first-order chi connectivity index (χ1) is 13.4. The van der Waals surface area contributed by atoms with Gasteiger partial charge >= 0.3 is 0 Å². The van der Waals surface area contributed by atoms with E-state index < -0.39 is 9.84 Å². The molecule has 1 unspecified atom stereocenters. The monoisotopic (exact) mass is 412 g/mol. The minimum atomic E-state index is -3.36. The van der Waals surface area contributed by atoms with Crippen LogP contribution >= 0.6 is 11.3 Å². The molecule has 0 spiro atoms. The van der Waals surface area contributed by atoms with Crippen molar-refractivity contribution in [2.24, 2.45) is 0 Å². The van der Waals surface area contributed by atoms with Crippen LogP contribution in [-0.2, 0) is 9.84 Å². The lowest BCUT2D eigenvalue weighted by Crippen LogP contribution is -2.22. The van der Waals surface area contributed by atoms with Crippen LogP contribution in [0.2, 0.25) is 0 Å². The van der Waals surface area contributed by atoms with Crippen LogP contribution < -0.4 is 4.90 Å². The van der Waals surface area contributed by atoms with Crippen molar-refractivity contribution in [1.82, 2.24) is 4.98 Å². The predicted molar refractivity (Wildman–Crippen MR) is 111 cm³/mol.